The third-order valence-corrected chi connectivity index (χ3v) is 2.25. The van der Waals surface area contributed by atoms with E-state index in [0.29, 0.717) is 6.54 Å². The predicted octanol–water partition coefficient (Wildman–Crippen LogP) is 2.11. The largest absolute Gasteiger partial charge is 0.371 e. The fourth-order valence-corrected chi connectivity index (χ4v) is 1.62. The van der Waals surface area contributed by atoms with Gasteiger partial charge in [0.1, 0.15) is 6.54 Å². The molecule has 0 spiro atoms. The molecule has 0 saturated carbocycles. The molecule has 2 rings (SSSR count). The first kappa shape index (κ1) is 8.64. The van der Waals surface area contributed by atoms with Crippen molar-refractivity contribution in [2.75, 3.05) is 11.9 Å². The van der Waals surface area contributed by atoms with Crippen LogP contribution < -0.4 is 5.32 Å². The SMILES string of the molecule is Cn1cc(NCC#N)c2ccccc21. The average molecular weight is 185 g/mol. The summed E-state index contributed by atoms with van der Waals surface area (Å²) in [4.78, 5) is 0. The van der Waals surface area contributed by atoms with Gasteiger partial charge in [-0.2, -0.15) is 5.26 Å². The van der Waals surface area contributed by atoms with Crippen molar-refractivity contribution in [1.82, 2.24) is 4.57 Å². The molecule has 70 valence electrons. The Hall–Kier alpha value is -1.95. The monoisotopic (exact) mass is 185 g/mol. The molecule has 3 heteroatoms. The molecule has 0 unspecified atom stereocenters. The predicted molar refractivity (Wildman–Crippen MR) is 57.0 cm³/mol. The summed E-state index contributed by atoms with van der Waals surface area (Å²) in [7, 11) is 2.00. The molecule has 14 heavy (non-hydrogen) atoms. The van der Waals surface area contributed by atoms with E-state index < -0.39 is 0 Å². The lowest BCUT2D eigenvalue weighted by Crippen LogP contribution is -1.96. The van der Waals surface area contributed by atoms with Crippen LogP contribution in [0.1, 0.15) is 0 Å². The molecule has 0 amide bonds. The molecule has 1 N–H and O–H groups in total. The van der Waals surface area contributed by atoms with Crippen LogP contribution in [0.5, 0.6) is 0 Å². The number of aromatic nitrogens is 1. The van der Waals surface area contributed by atoms with E-state index in [0.717, 1.165) is 11.1 Å². The number of nitriles is 1. The van der Waals surface area contributed by atoms with Gasteiger partial charge in [-0.15, -0.1) is 0 Å². The topological polar surface area (TPSA) is 40.8 Å². The average Bonchev–Trinajstić information content (AvgIpc) is 2.54. The summed E-state index contributed by atoms with van der Waals surface area (Å²) in [5.41, 5.74) is 2.19. The number of nitrogens with zero attached hydrogens (tertiary/aromatic N) is 2. The highest BCUT2D eigenvalue weighted by Crippen LogP contribution is 2.24. The normalized spacial score (nSPS) is 10.0. The van der Waals surface area contributed by atoms with E-state index in [9.17, 15) is 0 Å². The molecule has 0 aliphatic rings. The maximum atomic E-state index is 8.49. The summed E-state index contributed by atoms with van der Waals surface area (Å²) >= 11 is 0. The molecule has 2 aromatic rings. The number of hydrogen-bond acceptors (Lipinski definition) is 2. The number of para-hydroxylation sites is 1. The Morgan fingerprint density at radius 3 is 3.00 bits per heavy atom. The molecular formula is C11H11N3. The summed E-state index contributed by atoms with van der Waals surface area (Å²) < 4.78 is 2.05. The summed E-state index contributed by atoms with van der Waals surface area (Å²) in [5, 5.41) is 12.7. The Kier molecular flexibility index (Phi) is 2.11. The van der Waals surface area contributed by atoms with E-state index >= 15 is 0 Å². The smallest absolute Gasteiger partial charge is 0.103 e. The van der Waals surface area contributed by atoms with Crippen molar-refractivity contribution in [2.45, 2.75) is 0 Å². The molecular weight excluding hydrogens is 174 g/mol. The van der Waals surface area contributed by atoms with Crippen LogP contribution in [-0.4, -0.2) is 11.1 Å². The van der Waals surface area contributed by atoms with Crippen LogP contribution >= 0.6 is 0 Å². The van der Waals surface area contributed by atoms with Gasteiger partial charge in [0.2, 0.25) is 0 Å². The third-order valence-electron chi connectivity index (χ3n) is 2.25. The molecule has 0 fully saturated rings. The Labute approximate surface area is 82.6 Å². The number of nitrogens with one attached hydrogen (secondary N) is 1. The number of benzene rings is 1. The highest BCUT2D eigenvalue weighted by molar-refractivity contribution is 5.92. The maximum Gasteiger partial charge on any atom is 0.103 e. The molecule has 1 aromatic heterocycles. The van der Waals surface area contributed by atoms with Crippen LogP contribution in [0.15, 0.2) is 30.5 Å². The summed E-state index contributed by atoms with van der Waals surface area (Å²) in [6.07, 6.45) is 2.00. The molecule has 0 bridgehead atoms. The zero-order chi connectivity index (χ0) is 9.97. The van der Waals surface area contributed by atoms with Crippen LogP contribution in [0.3, 0.4) is 0 Å². The molecule has 1 aromatic carbocycles. The van der Waals surface area contributed by atoms with Crippen molar-refractivity contribution >= 4 is 16.6 Å². The second kappa shape index (κ2) is 3.43. The third kappa shape index (κ3) is 1.31. The fraction of sp³-hybridized carbons (Fsp3) is 0.182. The van der Waals surface area contributed by atoms with Crippen molar-refractivity contribution in [1.29, 1.82) is 5.26 Å². The molecule has 1 heterocycles. The number of anilines is 1. The van der Waals surface area contributed by atoms with Gasteiger partial charge in [0.15, 0.2) is 0 Å². The van der Waals surface area contributed by atoms with Crippen molar-refractivity contribution in [3.8, 4) is 6.07 Å². The lowest BCUT2D eigenvalue weighted by molar-refractivity contribution is 0.969. The van der Waals surface area contributed by atoms with E-state index in [4.69, 9.17) is 5.26 Å². The minimum atomic E-state index is 0.341. The maximum absolute atomic E-state index is 8.49. The number of hydrogen-bond donors (Lipinski definition) is 1. The second-order valence-corrected chi connectivity index (χ2v) is 3.18. The quantitative estimate of drug-likeness (QED) is 0.728. The van der Waals surface area contributed by atoms with Gasteiger partial charge in [-0.25, -0.2) is 0 Å². The van der Waals surface area contributed by atoms with Crippen LogP contribution in [0, 0.1) is 11.3 Å². The second-order valence-electron chi connectivity index (χ2n) is 3.18. The van der Waals surface area contributed by atoms with Crippen molar-refractivity contribution < 1.29 is 0 Å². The zero-order valence-electron chi connectivity index (χ0n) is 7.99. The summed E-state index contributed by atoms with van der Waals surface area (Å²) in [5.74, 6) is 0. The van der Waals surface area contributed by atoms with Gasteiger partial charge in [-0.05, 0) is 6.07 Å². The Morgan fingerprint density at radius 2 is 2.21 bits per heavy atom. The van der Waals surface area contributed by atoms with Crippen LogP contribution in [-0.2, 0) is 7.05 Å². The Balaban J connectivity index is 2.51. The Bertz CT molecular complexity index is 491. The van der Waals surface area contributed by atoms with Crippen molar-refractivity contribution in [3.63, 3.8) is 0 Å². The standard InChI is InChI=1S/C11H11N3/c1-14-8-10(13-7-6-12)9-4-2-3-5-11(9)14/h2-5,8,13H,7H2,1H3. The Morgan fingerprint density at radius 1 is 1.43 bits per heavy atom. The van der Waals surface area contributed by atoms with Gasteiger partial charge in [0, 0.05) is 24.1 Å². The minimum absolute atomic E-state index is 0.341. The molecule has 0 atom stereocenters. The van der Waals surface area contributed by atoms with Gasteiger partial charge in [0.25, 0.3) is 0 Å². The highest BCUT2D eigenvalue weighted by Gasteiger charge is 2.03. The van der Waals surface area contributed by atoms with Crippen LogP contribution in [0.25, 0.3) is 10.9 Å². The fourth-order valence-electron chi connectivity index (χ4n) is 1.62. The van der Waals surface area contributed by atoms with Gasteiger partial charge >= 0.3 is 0 Å². The van der Waals surface area contributed by atoms with Crippen molar-refractivity contribution in [3.05, 3.63) is 30.5 Å². The molecule has 0 aliphatic heterocycles. The van der Waals surface area contributed by atoms with E-state index in [1.165, 1.54) is 5.52 Å². The van der Waals surface area contributed by atoms with Gasteiger partial charge < -0.3 is 9.88 Å². The lowest BCUT2D eigenvalue weighted by Gasteiger charge is -1.97. The van der Waals surface area contributed by atoms with E-state index in [-0.39, 0.29) is 0 Å². The first-order valence-electron chi connectivity index (χ1n) is 4.48. The highest BCUT2D eigenvalue weighted by atomic mass is 15.0. The van der Waals surface area contributed by atoms with Gasteiger partial charge in [0.05, 0.1) is 11.8 Å². The number of aryl methyl sites for hydroxylation is 1. The lowest BCUT2D eigenvalue weighted by atomic mass is 10.2. The molecule has 0 radical (unpaired) electrons. The van der Waals surface area contributed by atoms with Crippen molar-refractivity contribution in [2.24, 2.45) is 7.05 Å². The number of rotatable bonds is 2. The molecule has 0 saturated heterocycles. The first-order chi connectivity index (χ1) is 6.83. The zero-order valence-corrected chi connectivity index (χ0v) is 7.99. The number of fused-ring (bicyclic) bond motifs is 1. The van der Waals surface area contributed by atoms with Gasteiger partial charge in [-0.1, -0.05) is 18.2 Å². The van der Waals surface area contributed by atoms with E-state index in [1.807, 2.05) is 25.4 Å². The first-order valence-corrected chi connectivity index (χ1v) is 4.48. The molecule has 3 nitrogen and oxygen atoms in total. The van der Waals surface area contributed by atoms with Gasteiger partial charge in [-0.3, -0.25) is 0 Å². The summed E-state index contributed by atoms with van der Waals surface area (Å²) in [6.45, 7) is 0.341. The molecule has 0 aliphatic carbocycles. The van der Waals surface area contributed by atoms with Crippen LogP contribution in [0.4, 0.5) is 5.69 Å². The summed E-state index contributed by atoms with van der Waals surface area (Å²) in [6, 6.07) is 10.2. The van der Waals surface area contributed by atoms with E-state index in [1.54, 1.807) is 0 Å². The van der Waals surface area contributed by atoms with Crippen LogP contribution in [0.2, 0.25) is 0 Å². The minimum Gasteiger partial charge on any atom is -0.371 e. The van der Waals surface area contributed by atoms with E-state index in [2.05, 4.69) is 28.1 Å².